The number of para-hydroxylation sites is 1. The van der Waals surface area contributed by atoms with Crippen LogP contribution in [0.5, 0.6) is 11.5 Å². The number of rotatable bonds is 9. The van der Waals surface area contributed by atoms with Gasteiger partial charge in [-0.3, -0.25) is 4.99 Å². The van der Waals surface area contributed by atoms with E-state index in [0.29, 0.717) is 6.54 Å². The summed E-state index contributed by atoms with van der Waals surface area (Å²) in [6.45, 7) is 6.08. The molecule has 0 aliphatic carbocycles. The zero-order valence-electron chi connectivity index (χ0n) is 15.1. The minimum atomic E-state index is 0.631. The number of aliphatic imine (C=N–C) groups is 1. The number of benzene rings is 1. The van der Waals surface area contributed by atoms with Gasteiger partial charge in [0.1, 0.15) is 0 Å². The molecular weight excluding hydrogens is 290 g/mol. The van der Waals surface area contributed by atoms with Gasteiger partial charge in [-0.15, -0.1) is 0 Å². The summed E-state index contributed by atoms with van der Waals surface area (Å²) in [7, 11) is 5.09. The minimum Gasteiger partial charge on any atom is -0.493 e. The number of hydrogen-bond donors (Lipinski definition) is 2. The second kappa shape index (κ2) is 10.8. The van der Waals surface area contributed by atoms with Gasteiger partial charge in [-0.1, -0.05) is 38.8 Å². The van der Waals surface area contributed by atoms with Gasteiger partial charge in [-0.25, -0.2) is 0 Å². The first-order valence-corrected chi connectivity index (χ1v) is 8.26. The van der Waals surface area contributed by atoms with Crippen molar-refractivity contribution >= 4 is 5.96 Å². The fourth-order valence-corrected chi connectivity index (χ4v) is 2.38. The normalized spacial score (nSPS) is 11.5. The SMILES string of the molecule is CN=C(NCCCCC(C)C)NCc1cccc(OC)c1OC. The van der Waals surface area contributed by atoms with Crippen molar-refractivity contribution in [2.75, 3.05) is 27.8 Å². The summed E-state index contributed by atoms with van der Waals surface area (Å²) in [5.74, 6) is 3.07. The van der Waals surface area contributed by atoms with Crippen molar-refractivity contribution < 1.29 is 9.47 Å². The Hall–Kier alpha value is -1.91. The highest BCUT2D eigenvalue weighted by Gasteiger charge is 2.09. The monoisotopic (exact) mass is 321 g/mol. The van der Waals surface area contributed by atoms with Gasteiger partial charge in [-0.05, 0) is 18.4 Å². The summed E-state index contributed by atoms with van der Waals surface area (Å²) in [6.07, 6.45) is 3.67. The summed E-state index contributed by atoms with van der Waals surface area (Å²) < 4.78 is 10.8. The summed E-state index contributed by atoms with van der Waals surface area (Å²) in [5, 5.41) is 6.66. The Morgan fingerprint density at radius 1 is 1.13 bits per heavy atom. The molecule has 0 aromatic heterocycles. The Morgan fingerprint density at radius 3 is 2.52 bits per heavy atom. The quantitative estimate of drug-likeness (QED) is 0.417. The highest BCUT2D eigenvalue weighted by Crippen LogP contribution is 2.30. The molecule has 0 fully saturated rings. The van der Waals surface area contributed by atoms with Gasteiger partial charge in [-0.2, -0.15) is 0 Å². The maximum absolute atomic E-state index is 5.44. The van der Waals surface area contributed by atoms with Crippen LogP contribution in [0.25, 0.3) is 0 Å². The molecule has 0 saturated heterocycles. The van der Waals surface area contributed by atoms with Crippen LogP contribution in [0.2, 0.25) is 0 Å². The van der Waals surface area contributed by atoms with Gasteiger partial charge in [0.15, 0.2) is 17.5 Å². The lowest BCUT2D eigenvalue weighted by atomic mass is 10.1. The Morgan fingerprint density at radius 2 is 1.91 bits per heavy atom. The van der Waals surface area contributed by atoms with Crippen molar-refractivity contribution in [3.63, 3.8) is 0 Å². The summed E-state index contributed by atoms with van der Waals surface area (Å²) in [6, 6.07) is 5.87. The summed E-state index contributed by atoms with van der Waals surface area (Å²) in [4.78, 5) is 4.26. The van der Waals surface area contributed by atoms with E-state index in [9.17, 15) is 0 Å². The minimum absolute atomic E-state index is 0.631. The van der Waals surface area contributed by atoms with E-state index in [4.69, 9.17) is 9.47 Å². The van der Waals surface area contributed by atoms with Crippen molar-refractivity contribution in [2.45, 2.75) is 39.7 Å². The van der Waals surface area contributed by atoms with Gasteiger partial charge < -0.3 is 20.1 Å². The molecule has 0 amide bonds. The predicted molar refractivity (Wildman–Crippen MR) is 96.4 cm³/mol. The Kier molecular flexibility index (Phi) is 8.95. The number of unbranched alkanes of at least 4 members (excludes halogenated alkanes) is 1. The highest BCUT2D eigenvalue weighted by molar-refractivity contribution is 5.79. The average Bonchev–Trinajstić information content (AvgIpc) is 2.56. The van der Waals surface area contributed by atoms with Crippen LogP contribution in [0.1, 0.15) is 38.7 Å². The number of nitrogens with one attached hydrogen (secondary N) is 2. The molecule has 0 heterocycles. The molecule has 0 atom stereocenters. The van der Waals surface area contributed by atoms with Gasteiger partial charge in [0.05, 0.1) is 14.2 Å². The third kappa shape index (κ3) is 6.80. The molecule has 5 nitrogen and oxygen atoms in total. The van der Waals surface area contributed by atoms with Gasteiger partial charge in [0.25, 0.3) is 0 Å². The first-order chi connectivity index (χ1) is 11.1. The number of methoxy groups -OCH3 is 2. The second-order valence-electron chi connectivity index (χ2n) is 5.89. The molecule has 0 unspecified atom stereocenters. The van der Waals surface area contributed by atoms with E-state index in [2.05, 4.69) is 29.5 Å². The van der Waals surface area contributed by atoms with Crippen LogP contribution in [0, 0.1) is 5.92 Å². The highest BCUT2D eigenvalue weighted by atomic mass is 16.5. The number of ether oxygens (including phenoxy) is 2. The maximum Gasteiger partial charge on any atom is 0.191 e. The zero-order valence-corrected chi connectivity index (χ0v) is 15.1. The fourth-order valence-electron chi connectivity index (χ4n) is 2.38. The van der Waals surface area contributed by atoms with E-state index in [1.54, 1.807) is 21.3 Å². The molecule has 0 spiro atoms. The molecule has 0 saturated carbocycles. The van der Waals surface area contributed by atoms with Crippen LogP contribution in [-0.2, 0) is 6.54 Å². The van der Waals surface area contributed by atoms with E-state index >= 15 is 0 Å². The first-order valence-electron chi connectivity index (χ1n) is 8.26. The summed E-state index contributed by atoms with van der Waals surface area (Å²) >= 11 is 0. The van der Waals surface area contributed by atoms with Crippen molar-refractivity contribution in [1.82, 2.24) is 10.6 Å². The first kappa shape index (κ1) is 19.1. The van der Waals surface area contributed by atoms with Crippen LogP contribution in [0.15, 0.2) is 23.2 Å². The molecule has 1 rings (SSSR count). The van der Waals surface area contributed by atoms with Crippen LogP contribution < -0.4 is 20.1 Å². The largest absolute Gasteiger partial charge is 0.493 e. The molecule has 1 aromatic carbocycles. The third-order valence-corrected chi connectivity index (χ3v) is 3.66. The smallest absolute Gasteiger partial charge is 0.191 e. The molecule has 130 valence electrons. The van der Waals surface area contributed by atoms with Crippen molar-refractivity contribution in [3.05, 3.63) is 23.8 Å². The average molecular weight is 321 g/mol. The van der Waals surface area contributed by atoms with Gasteiger partial charge in [0, 0.05) is 25.7 Å². The third-order valence-electron chi connectivity index (χ3n) is 3.66. The van der Waals surface area contributed by atoms with Crippen molar-refractivity contribution in [1.29, 1.82) is 0 Å². The van der Waals surface area contributed by atoms with Crippen molar-refractivity contribution in [2.24, 2.45) is 10.9 Å². The van der Waals surface area contributed by atoms with E-state index in [0.717, 1.165) is 41.9 Å². The standard InChI is InChI=1S/C18H31N3O2/c1-14(2)9-6-7-12-20-18(19-3)21-13-15-10-8-11-16(22-4)17(15)23-5/h8,10-11,14H,6-7,9,12-13H2,1-5H3,(H2,19,20,21). The van der Waals surface area contributed by atoms with Crippen molar-refractivity contribution in [3.8, 4) is 11.5 Å². The topological polar surface area (TPSA) is 54.9 Å². The fraction of sp³-hybridized carbons (Fsp3) is 0.611. The molecule has 23 heavy (non-hydrogen) atoms. The molecule has 0 radical (unpaired) electrons. The number of guanidine groups is 1. The van der Waals surface area contributed by atoms with Crippen LogP contribution in [-0.4, -0.2) is 33.8 Å². The Bertz CT molecular complexity index is 487. The van der Waals surface area contributed by atoms with Crippen LogP contribution in [0.3, 0.4) is 0 Å². The molecule has 5 heteroatoms. The molecule has 0 bridgehead atoms. The van der Waals surface area contributed by atoms with Crippen LogP contribution >= 0.6 is 0 Å². The maximum atomic E-state index is 5.44. The van der Waals surface area contributed by atoms with Gasteiger partial charge >= 0.3 is 0 Å². The lowest BCUT2D eigenvalue weighted by molar-refractivity contribution is 0.351. The molecule has 0 aliphatic heterocycles. The lowest BCUT2D eigenvalue weighted by Crippen LogP contribution is -2.37. The lowest BCUT2D eigenvalue weighted by Gasteiger charge is -2.15. The zero-order chi connectivity index (χ0) is 17.1. The van der Waals surface area contributed by atoms with E-state index in [1.807, 2.05) is 18.2 Å². The number of nitrogens with zero attached hydrogens (tertiary/aromatic N) is 1. The van der Waals surface area contributed by atoms with Gasteiger partial charge in [0.2, 0.25) is 0 Å². The molecular formula is C18H31N3O2. The number of hydrogen-bond acceptors (Lipinski definition) is 3. The van der Waals surface area contributed by atoms with E-state index in [-0.39, 0.29) is 0 Å². The van der Waals surface area contributed by atoms with E-state index < -0.39 is 0 Å². The second-order valence-corrected chi connectivity index (χ2v) is 5.89. The molecule has 1 aromatic rings. The molecule has 2 N–H and O–H groups in total. The summed E-state index contributed by atoms with van der Waals surface area (Å²) in [5.41, 5.74) is 1.04. The molecule has 0 aliphatic rings. The Labute approximate surface area is 140 Å². The Balaban J connectivity index is 2.46. The van der Waals surface area contributed by atoms with Crippen LogP contribution in [0.4, 0.5) is 0 Å². The predicted octanol–water partition coefficient (Wildman–Crippen LogP) is 3.20. The van der Waals surface area contributed by atoms with E-state index in [1.165, 1.54) is 12.8 Å².